The van der Waals surface area contributed by atoms with E-state index >= 15 is 0 Å². The normalized spacial score (nSPS) is 16.9. The molecule has 1 heterocycles. The van der Waals surface area contributed by atoms with E-state index in [9.17, 15) is 31.9 Å². The predicted octanol–water partition coefficient (Wildman–Crippen LogP) is 2.56. The Kier molecular flexibility index (Phi) is 10.3. The number of likely N-dealkylation sites (tertiary alicyclic amines) is 1. The molecule has 6 nitrogen and oxygen atoms in total. The van der Waals surface area contributed by atoms with Gasteiger partial charge in [-0.3, -0.25) is 14.4 Å². The third kappa shape index (κ3) is 7.27. The summed E-state index contributed by atoms with van der Waals surface area (Å²) in [5.41, 5.74) is 0.257. The van der Waals surface area contributed by atoms with Crippen molar-refractivity contribution in [3.8, 4) is 0 Å². The maximum absolute atomic E-state index is 13.1. The van der Waals surface area contributed by atoms with Crippen molar-refractivity contribution in [2.45, 2.75) is 25.6 Å². The maximum Gasteiger partial charge on any atom is 0.408 e. The van der Waals surface area contributed by atoms with Gasteiger partial charge in [-0.25, -0.2) is 4.39 Å². The van der Waals surface area contributed by atoms with Gasteiger partial charge in [0.2, 0.25) is 5.91 Å². The van der Waals surface area contributed by atoms with E-state index < -0.39 is 41.7 Å². The highest BCUT2D eigenvalue weighted by atomic mass is 35.5. The van der Waals surface area contributed by atoms with Crippen LogP contribution in [0.15, 0.2) is 18.2 Å². The van der Waals surface area contributed by atoms with Gasteiger partial charge in [0.05, 0.1) is 10.9 Å². The highest BCUT2D eigenvalue weighted by Crippen LogP contribution is 2.23. The highest BCUT2D eigenvalue weighted by Gasteiger charge is 2.40. The first-order valence-corrected chi connectivity index (χ1v) is 8.29. The van der Waals surface area contributed by atoms with Crippen molar-refractivity contribution in [1.29, 1.82) is 0 Å². The average Bonchev–Trinajstić information content (AvgIpc) is 3.06. The van der Waals surface area contributed by atoms with E-state index in [2.05, 4.69) is 5.32 Å². The van der Waals surface area contributed by atoms with Crippen molar-refractivity contribution in [3.63, 3.8) is 0 Å². The van der Waals surface area contributed by atoms with Crippen LogP contribution in [0, 0.1) is 11.7 Å². The first kappa shape index (κ1) is 27.3. The fourth-order valence-corrected chi connectivity index (χ4v) is 2.64. The Bertz CT molecular complexity index is 767. The fraction of sp³-hybridized carbons (Fsp3) is 0.438. The molecular weight excluding hydrogens is 458 g/mol. The number of carbonyl (C=O) groups is 3. The molecular formula is C16H20ClF4N3O3S2. The summed E-state index contributed by atoms with van der Waals surface area (Å²) in [6.45, 7) is 0.654. The third-order valence-electron chi connectivity index (χ3n) is 4.07. The van der Waals surface area contributed by atoms with Crippen molar-refractivity contribution >= 4 is 62.0 Å². The molecule has 1 aliphatic rings. The summed E-state index contributed by atoms with van der Waals surface area (Å²) in [5.74, 6) is -4.30. The molecule has 1 saturated heterocycles. The molecule has 0 radical (unpaired) electrons. The summed E-state index contributed by atoms with van der Waals surface area (Å²) in [6.07, 6.45) is -4.44. The van der Waals surface area contributed by atoms with Gasteiger partial charge in [-0.2, -0.15) is 40.2 Å². The van der Waals surface area contributed by atoms with E-state index in [4.69, 9.17) is 11.6 Å². The van der Waals surface area contributed by atoms with Crippen molar-refractivity contribution in [2.75, 3.05) is 18.4 Å². The van der Waals surface area contributed by atoms with Crippen LogP contribution in [0.4, 0.5) is 23.2 Å². The molecule has 0 unspecified atom stereocenters. The molecule has 3 amide bonds. The van der Waals surface area contributed by atoms with Crippen LogP contribution in [-0.4, -0.2) is 47.9 Å². The van der Waals surface area contributed by atoms with Crippen LogP contribution in [0.2, 0.25) is 5.02 Å². The standard InChI is InChI=1S/C16H16ClF4N3O3.2H2S/c1-8(16(19,20)21)22-14(26)15(27)24-5-4-9(7-24)13(25)23-10-2-3-12(18)11(17)6-10;;/h2-3,6,8-9H,4-5,7H2,1H3,(H,22,26)(H,23,25);2*1H2/t8-,9-;;/m0../s1. The number of benzene rings is 1. The number of nitrogens with zero attached hydrogens (tertiary/aromatic N) is 1. The number of hydrogen-bond acceptors (Lipinski definition) is 3. The van der Waals surface area contributed by atoms with Gasteiger partial charge in [0.25, 0.3) is 0 Å². The van der Waals surface area contributed by atoms with Crippen molar-refractivity contribution < 1.29 is 31.9 Å². The molecule has 1 fully saturated rings. The molecule has 1 aromatic carbocycles. The summed E-state index contributed by atoms with van der Waals surface area (Å²) in [4.78, 5) is 36.9. The molecule has 0 aliphatic carbocycles. The Morgan fingerprint density at radius 2 is 1.86 bits per heavy atom. The lowest BCUT2D eigenvalue weighted by Gasteiger charge is -2.20. The number of hydrogen-bond donors (Lipinski definition) is 2. The Balaban J connectivity index is 0.00000392. The maximum atomic E-state index is 13.1. The van der Waals surface area contributed by atoms with Crippen LogP contribution in [0.25, 0.3) is 0 Å². The van der Waals surface area contributed by atoms with Crippen LogP contribution in [0.1, 0.15) is 13.3 Å². The molecule has 2 N–H and O–H groups in total. The number of halogens is 5. The second-order valence-electron chi connectivity index (χ2n) is 6.09. The summed E-state index contributed by atoms with van der Waals surface area (Å²) < 4.78 is 50.5. The van der Waals surface area contributed by atoms with Crippen LogP contribution >= 0.6 is 38.6 Å². The van der Waals surface area contributed by atoms with E-state index in [-0.39, 0.29) is 57.2 Å². The molecule has 1 aromatic rings. The van der Waals surface area contributed by atoms with E-state index in [1.54, 1.807) is 5.32 Å². The van der Waals surface area contributed by atoms with Crippen LogP contribution in [-0.2, 0) is 14.4 Å². The monoisotopic (exact) mass is 477 g/mol. The first-order chi connectivity index (χ1) is 12.5. The minimum Gasteiger partial charge on any atom is -0.336 e. The minimum absolute atomic E-state index is 0. The van der Waals surface area contributed by atoms with E-state index in [0.29, 0.717) is 0 Å². The van der Waals surface area contributed by atoms with Gasteiger partial charge in [-0.05, 0) is 31.5 Å². The minimum atomic E-state index is -4.67. The number of rotatable bonds is 3. The lowest BCUT2D eigenvalue weighted by molar-refractivity contribution is -0.162. The predicted molar refractivity (Wildman–Crippen MR) is 109 cm³/mol. The highest BCUT2D eigenvalue weighted by molar-refractivity contribution is 7.59. The number of carbonyl (C=O) groups excluding carboxylic acids is 3. The second kappa shape index (κ2) is 10.9. The molecule has 2 atom stereocenters. The van der Waals surface area contributed by atoms with E-state index in [0.717, 1.165) is 17.9 Å². The number of amides is 3. The zero-order valence-corrected chi connectivity index (χ0v) is 17.8. The van der Waals surface area contributed by atoms with Crippen LogP contribution in [0.3, 0.4) is 0 Å². The third-order valence-corrected chi connectivity index (χ3v) is 4.36. The number of anilines is 1. The lowest BCUT2D eigenvalue weighted by atomic mass is 10.1. The molecule has 1 aliphatic heterocycles. The van der Waals surface area contributed by atoms with Gasteiger partial charge in [-0.15, -0.1) is 0 Å². The van der Waals surface area contributed by atoms with Gasteiger partial charge in [0.15, 0.2) is 0 Å². The zero-order chi connectivity index (χ0) is 20.4. The number of alkyl halides is 3. The van der Waals surface area contributed by atoms with Gasteiger partial charge in [0.1, 0.15) is 11.9 Å². The van der Waals surface area contributed by atoms with Gasteiger partial charge in [-0.1, -0.05) is 11.6 Å². The quantitative estimate of drug-likeness (QED) is 0.519. The molecule has 0 bridgehead atoms. The summed E-state index contributed by atoms with van der Waals surface area (Å²) >= 11 is 5.63. The van der Waals surface area contributed by atoms with Crippen LogP contribution < -0.4 is 10.6 Å². The first-order valence-electron chi connectivity index (χ1n) is 7.91. The Morgan fingerprint density at radius 3 is 2.41 bits per heavy atom. The summed E-state index contributed by atoms with van der Waals surface area (Å²) in [7, 11) is 0. The van der Waals surface area contributed by atoms with E-state index in [1.165, 1.54) is 12.1 Å². The lowest BCUT2D eigenvalue weighted by Crippen LogP contribution is -2.49. The molecule has 29 heavy (non-hydrogen) atoms. The Hall–Kier alpha value is -1.66. The summed E-state index contributed by atoms with van der Waals surface area (Å²) in [6, 6.07) is 1.44. The SMILES string of the molecule is C[C@H](NC(=O)C(=O)N1CC[C@H](C(=O)Nc2ccc(F)c(Cl)c2)C1)C(F)(F)F.S.S. The molecule has 0 aromatic heterocycles. The van der Waals surface area contributed by atoms with Gasteiger partial charge in [0, 0.05) is 18.8 Å². The van der Waals surface area contributed by atoms with Crippen LogP contribution in [0.5, 0.6) is 0 Å². The fourth-order valence-electron chi connectivity index (χ4n) is 2.46. The Morgan fingerprint density at radius 1 is 1.24 bits per heavy atom. The molecule has 0 saturated carbocycles. The smallest absolute Gasteiger partial charge is 0.336 e. The van der Waals surface area contributed by atoms with Crippen molar-refractivity contribution in [1.82, 2.24) is 10.2 Å². The number of nitrogens with one attached hydrogen (secondary N) is 2. The van der Waals surface area contributed by atoms with Gasteiger partial charge < -0.3 is 15.5 Å². The molecule has 0 spiro atoms. The summed E-state index contributed by atoms with van der Waals surface area (Å²) in [5, 5.41) is 3.93. The molecule has 164 valence electrons. The zero-order valence-electron chi connectivity index (χ0n) is 15.1. The van der Waals surface area contributed by atoms with E-state index in [1.807, 2.05) is 0 Å². The second-order valence-corrected chi connectivity index (χ2v) is 6.50. The van der Waals surface area contributed by atoms with Gasteiger partial charge >= 0.3 is 18.0 Å². The molecule has 13 heteroatoms. The van der Waals surface area contributed by atoms with Crippen molar-refractivity contribution in [2.24, 2.45) is 5.92 Å². The topological polar surface area (TPSA) is 78.5 Å². The molecule has 2 rings (SSSR count). The average molecular weight is 478 g/mol. The largest absolute Gasteiger partial charge is 0.408 e. The van der Waals surface area contributed by atoms with Crippen molar-refractivity contribution in [3.05, 3.63) is 29.0 Å². The Labute approximate surface area is 183 Å².